The maximum Gasteiger partial charge on any atom is 0.328 e. The molecule has 12 nitrogen and oxygen atoms in total. The number of hydrogen-bond acceptors (Lipinski definition) is 12. The van der Waals surface area contributed by atoms with Crippen molar-refractivity contribution in [2.45, 2.75) is 0 Å². The zero-order valence-corrected chi connectivity index (χ0v) is 23.2. The van der Waals surface area contributed by atoms with Gasteiger partial charge < -0.3 is 28.7 Å². The van der Waals surface area contributed by atoms with Gasteiger partial charge in [-0.2, -0.15) is 15.0 Å². The van der Waals surface area contributed by atoms with Crippen LogP contribution in [0.3, 0.4) is 0 Å². The number of ether oxygens (including phenoxy) is 4. The number of imidazole rings is 1. The molecule has 2 fully saturated rings. The largest absolute Gasteiger partial charge is 0.493 e. The van der Waals surface area contributed by atoms with E-state index >= 15 is 0 Å². The van der Waals surface area contributed by atoms with E-state index in [1.54, 1.807) is 17.6 Å². The Labute approximate surface area is 238 Å². The number of benzene rings is 2. The summed E-state index contributed by atoms with van der Waals surface area (Å²) in [4.78, 5) is 36.6. The molecular weight excluding hydrogens is 546 g/mol. The van der Waals surface area contributed by atoms with Crippen LogP contribution in [-0.2, 0) is 9.47 Å². The van der Waals surface area contributed by atoms with E-state index in [0.717, 1.165) is 16.6 Å². The molecule has 0 spiro atoms. The molecule has 210 valence electrons. The van der Waals surface area contributed by atoms with Gasteiger partial charge in [0.05, 0.1) is 49.1 Å². The van der Waals surface area contributed by atoms with Crippen LogP contribution in [0.5, 0.6) is 17.5 Å². The number of morpholine rings is 2. The molecule has 5 heterocycles. The lowest BCUT2D eigenvalue weighted by atomic mass is 10.2. The smallest absolute Gasteiger partial charge is 0.328 e. The van der Waals surface area contributed by atoms with E-state index in [2.05, 4.69) is 24.8 Å². The van der Waals surface area contributed by atoms with Gasteiger partial charge in [0.2, 0.25) is 11.9 Å². The van der Waals surface area contributed by atoms with E-state index in [1.807, 2.05) is 42.5 Å². The van der Waals surface area contributed by atoms with Gasteiger partial charge in [0.15, 0.2) is 16.5 Å². The van der Waals surface area contributed by atoms with E-state index in [-0.39, 0.29) is 11.6 Å². The lowest BCUT2D eigenvalue weighted by molar-refractivity contribution is 0.121. The summed E-state index contributed by atoms with van der Waals surface area (Å²) in [5.41, 5.74) is 2.29. The summed E-state index contributed by atoms with van der Waals surface area (Å²) in [6.45, 7) is 5.18. The number of fused-ring (bicyclic) bond motifs is 3. The quantitative estimate of drug-likeness (QED) is 0.297. The van der Waals surface area contributed by atoms with Crippen LogP contribution in [-0.4, -0.2) is 84.1 Å². The fourth-order valence-electron chi connectivity index (χ4n) is 4.91. The van der Waals surface area contributed by atoms with Crippen molar-refractivity contribution in [1.29, 1.82) is 0 Å². The van der Waals surface area contributed by atoms with E-state index < -0.39 is 0 Å². The lowest BCUT2D eigenvalue weighted by Gasteiger charge is -2.30. The molecule has 13 heteroatoms. The zero-order valence-electron chi connectivity index (χ0n) is 22.4. The molecule has 2 aliphatic rings. The minimum absolute atomic E-state index is 0.102. The van der Waals surface area contributed by atoms with E-state index in [4.69, 9.17) is 23.9 Å². The van der Waals surface area contributed by atoms with Crippen molar-refractivity contribution in [1.82, 2.24) is 24.3 Å². The number of nitrogens with zero attached hydrogens (tertiary/aromatic N) is 7. The summed E-state index contributed by atoms with van der Waals surface area (Å²) in [5.74, 6) is 2.02. The van der Waals surface area contributed by atoms with E-state index in [9.17, 15) is 4.79 Å². The summed E-state index contributed by atoms with van der Waals surface area (Å²) in [5, 5.41) is 0. The Bertz CT molecular complexity index is 1790. The van der Waals surface area contributed by atoms with Gasteiger partial charge in [0, 0.05) is 26.2 Å². The minimum atomic E-state index is -0.102. The van der Waals surface area contributed by atoms with Gasteiger partial charge >= 0.3 is 6.01 Å². The molecule has 0 N–H and O–H groups in total. The van der Waals surface area contributed by atoms with Crippen LogP contribution in [0.2, 0.25) is 0 Å². The van der Waals surface area contributed by atoms with Gasteiger partial charge in [0.1, 0.15) is 0 Å². The van der Waals surface area contributed by atoms with Crippen molar-refractivity contribution in [3.63, 3.8) is 0 Å². The normalized spacial score (nSPS) is 16.6. The minimum Gasteiger partial charge on any atom is -0.493 e. The fraction of sp³-hybridized carbons (Fsp3) is 0.321. The van der Waals surface area contributed by atoms with Gasteiger partial charge in [-0.3, -0.25) is 4.79 Å². The molecule has 2 saturated heterocycles. The first-order chi connectivity index (χ1) is 20.2. The van der Waals surface area contributed by atoms with Gasteiger partial charge in [0.25, 0.3) is 5.56 Å². The number of anilines is 2. The Kier molecular flexibility index (Phi) is 6.82. The van der Waals surface area contributed by atoms with Gasteiger partial charge in [-0.25, -0.2) is 9.38 Å². The first-order valence-corrected chi connectivity index (χ1v) is 14.2. The summed E-state index contributed by atoms with van der Waals surface area (Å²) in [7, 11) is 1.57. The van der Waals surface area contributed by atoms with Crippen molar-refractivity contribution < 1.29 is 18.9 Å². The van der Waals surface area contributed by atoms with Crippen LogP contribution in [0.15, 0.2) is 47.3 Å². The lowest BCUT2D eigenvalue weighted by Crippen LogP contribution is -2.40. The molecule has 2 aromatic carbocycles. The predicted octanol–water partition coefficient (Wildman–Crippen LogP) is 2.12. The van der Waals surface area contributed by atoms with Crippen molar-refractivity contribution in [2.75, 3.05) is 69.5 Å². The highest BCUT2D eigenvalue weighted by atomic mass is 32.1. The topological polar surface area (TPSA) is 116 Å². The second-order valence-electron chi connectivity index (χ2n) is 9.56. The maximum absolute atomic E-state index is 13.2. The second kappa shape index (κ2) is 10.9. The van der Waals surface area contributed by atoms with Crippen molar-refractivity contribution in [3.8, 4) is 17.5 Å². The molecule has 0 atom stereocenters. The van der Waals surface area contributed by atoms with Crippen molar-refractivity contribution in [2.24, 2.45) is 0 Å². The highest BCUT2D eigenvalue weighted by Crippen LogP contribution is 2.32. The van der Waals surface area contributed by atoms with Crippen LogP contribution in [0.4, 0.5) is 11.9 Å². The Morgan fingerprint density at radius 2 is 1.54 bits per heavy atom. The molecule has 0 saturated carbocycles. The zero-order chi connectivity index (χ0) is 27.8. The van der Waals surface area contributed by atoms with Crippen LogP contribution in [0, 0.1) is 0 Å². The van der Waals surface area contributed by atoms with Crippen molar-refractivity contribution >= 4 is 45.3 Å². The van der Waals surface area contributed by atoms with E-state index in [0.29, 0.717) is 85.5 Å². The van der Waals surface area contributed by atoms with Crippen LogP contribution >= 0.6 is 11.3 Å². The molecule has 2 aliphatic heterocycles. The monoisotopic (exact) mass is 573 g/mol. The van der Waals surface area contributed by atoms with Crippen molar-refractivity contribution in [3.05, 3.63) is 62.9 Å². The first kappa shape index (κ1) is 25.6. The molecular formula is C28H27N7O5S. The number of rotatable bonds is 6. The third-order valence-electron chi connectivity index (χ3n) is 7.01. The summed E-state index contributed by atoms with van der Waals surface area (Å²) in [6.07, 6.45) is 1.83. The molecule has 0 unspecified atom stereocenters. The first-order valence-electron chi connectivity index (χ1n) is 13.4. The highest BCUT2D eigenvalue weighted by molar-refractivity contribution is 7.15. The third-order valence-corrected chi connectivity index (χ3v) is 7.98. The molecule has 5 aromatic rings. The molecule has 3 aromatic heterocycles. The maximum atomic E-state index is 13.2. The molecule has 7 rings (SSSR count). The fourth-order valence-corrected chi connectivity index (χ4v) is 5.90. The Morgan fingerprint density at radius 1 is 0.854 bits per heavy atom. The average molecular weight is 574 g/mol. The number of para-hydroxylation sites is 2. The number of methoxy groups -OCH3 is 1. The van der Waals surface area contributed by atoms with E-state index in [1.165, 1.54) is 11.3 Å². The third kappa shape index (κ3) is 5.03. The van der Waals surface area contributed by atoms with Crippen LogP contribution in [0.1, 0.15) is 5.56 Å². The molecule has 0 amide bonds. The summed E-state index contributed by atoms with van der Waals surface area (Å²) >= 11 is 1.35. The molecule has 0 bridgehead atoms. The summed E-state index contributed by atoms with van der Waals surface area (Å²) in [6, 6.07) is 13.3. The Morgan fingerprint density at radius 3 is 2.22 bits per heavy atom. The molecule has 41 heavy (non-hydrogen) atoms. The van der Waals surface area contributed by atoms with Crippen LogP contribution < -0.4 is 29.4 Å². The standard InChI is InChI=1S/C28H27N7O5S/c1-37-22-16-18(17-23-24(36)35-20-5-3-2-4-19(20)29-28(35)41-23)6-7-21(22)40-27-31-25(33-8-12-38-13-9-33)30-26(32-27)34-10-14-39-15-11-34/h2-7,16-17H,8-15H2,1H3. The number of thiazole rings is 1. The SMILES string of the molecule is COc1cc(C=c2sc3nc4ccccc4n3c2=O)ccc1Oc1nc(N2CCOCC2)nc(N2CCOCC2)n1. The predicted molar refractivity (Wildman–Crippen MR) is 155 cm³/mol. The highest BCUT2D eigenvalue weighted by Gasteiger charge is 2.22. The Hall–Kier alpha value is -4.33. The van der Waals surface area contributed by atoms with Gasteiger partial charge in [-0.05, 0) is 35.9 Å². The second-order valence-corrected chi connectivity index (χ2v) is 10.6. The Balaban J connectivity index is 1.21. The summed E-state index contributed by atoms with van der Waals surface area (Å²) < 4.78 is 25.1. The molecule has 0 aliphatic carbocycles. The number of hydrogen-bond donors (Lipinski definition) is 0. The van der Waals surface area contributed by atoms with Crippen LogP contribution in [0.25, 0.3) is 22.1 Å². The van der Waals surface area contributed by atoms with Gasteiger partial charge in [-0.15, -0.1) is 0 Å². The van der Waals surface area contributed by atoms with Gasteiger partial charge in [-0.1, -0.05) is 29.5 Å². The molecule has 0 radical (unpaired) electrons. The average Bonchev–Trinajstić information content (AvgIpc) is 3.54. The number of aromatic nitrogens is 5.